The summed E-state index contributed by atoms with van der Waals surface area (Å²) in [5.74, 6) is 1.41. The summed E-state index contributed by atoms with van der Waals surface area (Å²) in [6.45, 7) is 2.87. The van der Waals surface area contributed by atoms with Crippen molar-refractivity contribution in [1.29, 1.82) is 0 Å². The van der Waals surface area contributed by atoms with Crippen LogP contribution in [0.2, 0.25) is 0 Å². The van der Waals surface area contributed by atoms with E-state index in [1.54, 1.807) is 22.5 Å². The van der Waals surface area contributed by atoms with Crippen LogP contribution in [0.15, 0.2) is 23.1 Å². The standard InChI is InChI=1S/C15H22N2O4S.ClH/c1-16-11-12-5-7-17(8-6-12)22(18,19)14-4-2-3-13-15(14)21-10-9-20-13;/h2-4,12,16H,5-11H2,1H3;1H. The van der Waals surface area contributed by atoms with Gasteiger partial charge in [-0.15, -0.1) is 12.4 Å². The van der Waals surface area contributed by atoms with Crippen molar-refractivity contribution in [2.75, 3.05) is 39.9 Å². The van der Waals surface area contributed by atoms with Crippen LogP contribution in [0.1, 0.15) is 12.8 Å². The zero-order chi connectivity index (χ0) is 15.6. The number of fused-ring (bicyclic) bond motifs is 1. The Bertz CT molecular complexity index is 630. The minimum absolute atomic E-state index is 0. The molecule has 1 aromatic rings. The Balaban J connectivity index is 0.00000192. The third-order valence-corrected chi connectivity index (χ3v) is 6.14. The van der Waals surface area contributed by atoms with Crippen LogP contribution in [0.4, 0.5) is 0 Å². The summed E-state index contributed by atoms with van der Waals surface area (Å²) in [6.07, 6.45) is 1.76. The van der Waals surface area contributed by atoms with Gasteiger partial charge in [-0.3, -0.25) is 0 Å². The first kappa shape index (κ1) is 18.3. The van der Waals surface area contributed by atoms with Crippen LogP contribution in [0.25, 0.3) is 0 Å². The van der Waals surface area contributed by atoms with Crippen LogP contribution in [-0.2, 0) is 10.0 Å². The predicted octanol–water partition coefficient (Wildman–Crippen LogP) is 1.50. The van der Waals surface area contributed by atoms with Crippen molar-refractivity contribution < 1.29 is 17.9 Å². The van der Waals surface area contributed by atoms with Gasteiger partial charge >= 0.3 is 0 Å². The molecule has 0 aliphatic carbocycles. The molecule has 0 spiro atoms. The number of nitrogens with zero attached hydrogens (tertiary/aromatic N) is 1. The van der Waals surface area contributed by atoms with Crippen molar-refractivity contribution in [3.8, 4) is 11.5 Å². The highest BCUT2D eigenvalue weighted by Crippen LogP contribution is 2.38. The molecule has 130 valence electrons. The lowest BCUT2D eigenvalue weighted by Crippen LogP contribution is -2.40. The molecule has 1 aromatic carbocycles. The van der Waals surface area contributed by atoms with E-state index in [9.17, 15) is 8.42 Å². The number of sulfonamides is 1. The monoisotopic (exact) mass is 362 g/mol. The maximum Gasteiger partial charge on any atom is 0.246 e. The number of halogens is 1. The van der Waals surface area contributed by atoms with Crippen molar-refractivity contribution in [2.45, 2.75) is 17.7 Å². The summed E-state index contributed by atoms with van der Waals surface area (Å²) >= 11 is 0. The smallest absolute Gasteiger partial charge is 0.246 e. The molecule has 0 saturated carbocycles. The molecule has 0 unspecified atom stereocenters. The average molecular weight is 363 g/mol. The van der Waals surface area contributed by atoms with Crippen molar-refractivity contribution in [3.05, 3.63) is 18.2 Å². The van der Waals surface area contributed by atoms with Gasteiger partial charge in [-0.25, -0.2) is 8.42 Å². The van der Waals surface area contributed by atoms with Crippen LogP contribution in [0.5, 0.6) is 11.5 Å². The van der Waals surface area contributed by atoms with Crippen LogP contribution in [0, 0.1) is 5.92 Å². The summed E-state index contributed by atoms with van der Waals surface area (Å²) in [5, 5.41) is 3.16. The molecule has 3 rings (SSSR count). The number of hydrogen-bond acceptors (Lipinski definition) is 5. The van der Waals surface area contributed by atoms with Gasteiger partial charge in [0.05, 0.1) is 0 Å². The minimum Gasteiger partial charge on any atom is -0.486 e. The van der Waals surface area contributed by atoms with Crippen molar-refractivity contribution in [3.63, 3.8) is 0 Å². The quantitative estimate of drug-likeness (QED) is 0.879. The summed E-state index contributed by atoms with van der Waals surface area (Å²) in [4.78, 5) is 0.219. The molecule has 0 amide bonds. The van der Waals surface area contributed by atoms with Crippen molar-refractivity contribution in [2.24, 2.45) is 5.92 Å². The van der Waals surface area contributed by atoms with Gasteiger partial charge in [0.15, 0.2) is 11.5 Å². The van der Waals surface area contributed by atoms with Gasteiger partial charge in [-0.1, -0.05) is 6.07 Å². The number of nitrogens with one attached hydrogen (secondary N) is 1. The highest BCUT2D eigenvalue weighted by Gasteiger charge is 2.33. The molecule has 2 aliphatic rings. The van der Waals surface area contributed by atoms with E-state index < -0.39 is 10.0 Å². The van der Waals surface area contributed by atoms with E-state index in [4.69, 9.17) is 9.47 Å². The molecular weight excluding hydrogens is 340 g/mol. The largest absolute Gasteiger partial charge is 0.486 e. The second-order valence-electron chi connectivity index (χ2n) is 5.69. The zero-order valence-corrected chi connectivity index (χ0v) is 14.8. The topological polar surface area (TPSA) is 67.9 Å². The molecule has 2 aliphatic heterocycles. The van der Waals surface area contributed by atoms with E-state index in [0.717, 1.165) is 19.4 Å². The molecular formula is C15H23ClN2O4S. The third kappa shape index (κ3) is 3.74. The Hall–Kier alpha value is -1.02. The number of benzene rings is 1. The molecule has 1 N–H and O–H groups in total. The lowest BCUT2D eigenvalue weighted by Gasteiger charge is -2.32. The minimum atomic E-state index is -3.53. The number of piperidine rings is 1. The van der Waals surface area contributed by atoms with Crippen molar-refractivity contribution in [1.82, 2.24) is 9.62 Å². The van der Waals surface area contributed by atoms with E-state index in [1.807, 2.05) is 7.05 Å². The fourth-order valence-corrected chi connectivity index (χ4v) is 4.65. The summed E-state index contributed by atoms with van der Waals surface area (Å²) in [5.41, 5.74) is 0. The summed E-state index contributed by atoms with van der Waals surface area (Å²) in [6, 6.07) is 5.04. The van der Waals surface area contributed by atoms with Gasteiger partial charge in [0.2, 0.25) is 10.0 Å². The molecule has 23 heavy (non-hydrogen) atoms. The van der Waals surface area contributed by atoms with Crippen LogP contribution >= 0.6 is 12.4 Å². The number of ether oxygens (including phenoxy) is 2. The number of hydrogen-bond donors (Lipinski definition) is 1. The fourth-order valence-electron chi connectivity index (χ4n) is 3.03. The first-order valence-electron chi connectivity index (χ1n) is 7.66. The second-order valence-corrected chi connectivity index (χ2v) is 7.59. The number of para-hydroxylation sites is 1. The van der Waals surface area contributed by atoms with E-state index in [0.29, 0.717) is 43.7 Å². The van der Waals surface area contributed by atoms with Crippen LogP contribution < -0.4 is 14.8 Å². The van der Waals surface area contributed by atoms with Gasteiger partial charge < -0.3 is 14.8 Å². The first-order valence-corrected chi connectivity index (χ1v) is 9.10. The van der Waals surface area contributed by atoms with Gasteiger partial charge in [0.1, 0.15) is 18.1 Å². The van der Waals surface area contributed by atoms with Gasteiger partial charge in [0.25, 0.3) is 0 Å². The maximum atomic E-state index is 12.9. The molecule has 0 bridgehead atoms. The highest BCUT2D eigenvalue weighted by molar-refractivity contribution is 7.89. The van der Waals surface area contributed by atoms with E-state index in [1.165, 1.54) is 0 Å². The molecule has 6 nitrogen and oxygen atoms in total. The lowest BCUT2D eigenvalue weighted by molar-refractivity contribution is 0.166. The van der Waals surface area contributed by atoms with Crippen molar-refractivity contribution >= 4 is 22.4 Å². The predicted molar refractivity (Wildman–Crippen MR) is 90.1 cm³/mol. The summed E-state index contributed by atoms with van der Waals surface area (Å²) < 4.78 is 38.4. The SMILES string of the molecule is CNCC1CCN(S(=O)(=O)c2cccc3c2OCCO3)CC1.Cl. The molecule has 1 fully saturated rings. The Kier molecular flexibility index (Phi) is 6.13. The molecule has 1 saturated heterocycles. The molecule has 8 heteroatoms. The molecule has 0 aromatic heterocycles. The second kappa shape index (κ2) is 7.70. The maximum absolute atomic E-state index is 12.9. The molecule has 2 heterocycles. The first-order chi connectivity index (χ1) is 10.6. The van der Waals surface area contributed by atoms with E-state index in [-0.39, 0.29) is 17.3 Å². The Morgan fingerprint density at radius 3 is 2.61 bits per heavy atom. The van der Waals surface area contributed by atoms with Gasteiger partial charge in [-0.2, -0.15) is 4.31 Å². The number of rotatable bonds is 4. The molecule has 0 atom stereocenters. The van der Waals surface area contributed by atoms with Crippen LogP contribution in [-0.4, -0.2) is 52.6 Å². The Morgan fingerprint density at radius 2 is 1.91 bits per heavy atom. The summed E-state index contributed by atoms with van der Waals surface area (Å²) in [7, 11) is -1.61. The Morgan fingerprint density at radius 1 is 1.22 bits per heavy atom. The average Bonchev–Trinajstić information content (AvgIpc) is 2.55. The van der Waals surface area contributed by atoms with E-state index >= 15 is 0 Å². The van der Waals surface area contributed by atoms with E-state index in [2.05, 4.69) is 5.32 Å². The normalized spacial score (nSPS) is 19.2. The van der Waals surface area contributed by atoms with Crippen LogP contribution in [0.3, 0.4) is 0 Å². The fraction of sp³-hybridized carbons (Fsp3) is 0.600. The third-order valence-electron chi connectivity index (χ3n) is 4.21. The van der Waals surface area contributed by atoms with Gasteiger partial charge in [-0.05, 0) is 44.5 Å². The molecule has 0 radical (unpaired) electrons. The lowest BCUT2D eigenvalue weighted by atomic mass is 9.98. The highest BCUT2D eigenvalue weighted by atomic mass is 35.5. The van der Waals surface area contributed by atoms with Gasteiger partial charge in [0, 0.05) is 13.1 Å². The zero-order valence-electron chi connectivity index (χ0n) is 13.2. The Labute approximate surface area is 143 Å².